The van der Waals surface area contributed by atoms with Gasteiger partial charge in [0.15, 0.2) is 0 Å². The van der Waals surface area contributed by atoms with Crippen molar-refractivity contribution in [3.63, 3.8) is 0 Å². The largest absolute Gasteiger partial charge is 0.357 e. The smallest absolute Gasteiger partial charge is 0.251 e. The summed E-state index contributed by atoms with van der Waals surface area (Å²) in [5.74, 6) is 2.06. The van der Waals surface area contributed by atoms with Crippen molar-refractivity contribution in [1.29, 1.82) is 0 Å². The first-order chi connectivity index (χ1) is 12.0. The Hall–Kier alpha value is -1.84. The average molecular weight is 340 g/mol. The number of likely N-dealkylation sites (N-methyl/N-ethyl adjacent to an activating group) is 1. The number of carbonyl (C=O) groups excluding carboxylic acids is 2. The summed E-state index contributed by atoms with van der Waals surface area (Å²) in [5, 5.41) is 5.91. The number of aryl methyl sites for hydroxylation is 1. The van der Waals surface area contributed by atoms with E-state index in [9.17, 15) is 9.59 Å². The number of benzene rings is 1. The van der Waals surface area contributed by atoms with Gasteiger partial charge in [0.1, 0.15) is 6.04 Å². The van der Waals surface area contributed by atoms with E-state index in [1.807, 2.05) is 31.2 Å². The Morgan fingerprint density at radius 3 is 2.00 bits per heavy atom. The number of carbonyl (C=O) groups is 2. The van der Waals surface area contributed by atoms with Gasteiger partial charge in [0.2, 0.25) is 5.91 Å². The third kappa shape index (κ3) is 2.96. The van der Waals surface area contributed by atoms with Crippen molar-refractivity contribution in [3.8, 4) is 0 Å². The van der Waals surface area contributed by atoms with Gasteiger partial charge in [-0.2, -0.15) is 0 Å². The third-order valence-corrected chi connectivity index (χ3v) is 6.80. The summed E-state index contributed by atoms with van der Waals surface area (Å²) in [5.41, 5.74) is 1.71. The second kappa shape index (κ2) is 6.15. The highest BCUT2D eigenvalue weighted by atomic mass is 16.2. The fraction of sp³-hybridized carbons (Fsp3) is 0.619. The minimum atomic E-state index is -0.417. The van der Waals surface area contributed by atoms with Crippen LogP contribution in [0.4, 0.5) is 0 Å². The van der Waals surface area contributed by atoms with Gasteiger partial charge in [-0.25, -0.2) is 0 Å². The van der Waals surface area contributed by atoms with E-state index in [1.54, 1.807) is 7.05 Å². The van der Waals surface area contributed by atoms with Gasteiger partial charge in [-0.3, -0.25) is 9.59 Å². The van der Waals surface area contributed by atoms with Crippen molar-refractivity contribution < 1.29 is 9.59 Å². The lowest BCUT2D eigenvalue weighted by atomic mass is 9.47. The lowest BCUT2D eigenvalue weighted by molar-refractivity contribution is -0.134. The topological polar surface area (TPSA) is 58.2 Å². The van der Waals surface area contributed by atoms with Gasteiger partial charge >= 0.3 is 0 Å². The highest BCUT2D eigenvalue weighted by molar-refractivity contribution is 5.97. The molecule has 1 aromatic rings. The zero-order valence-corrected chi connectivity index (χ0v) is 15.2. The SMILES string of the molecule is CNC(=O)C(NC(=O)c1ccc(C)cc1)C12CC3CC(CC(C3)C1)C2. The molecule has 1 unspecified atom stereocenters. The summed E-state index contributed by atoms with van der Waals surface area (Å²) in [7, 11) is 1.67. The van der Waals surface area contributed by atoms with Crippen LogP contribution in [0.1, 0.15) is 54.4 Å². The maximum absolute atomic E-state index is 12.8. The molecule has 4 aliphatic rings. The molecule has 0 radical (unpaired) electrons. The first-order valence-corrected chi connectivity index (χ1v) is 9.58. The first-order valence-electron chi connectivity index (χ1n) is 9.58. The Balaban J connectivity index is 1.59. The van der Waals surface area contributed by atoms with Crippen molar-refractivity contribution in [2.24, 2.45) is 23.2 Å². The molecule has 0 aliphatic heterocycles. The van der Waals surface area contributed by atoms with Crippen LogP contribution >= 0.6 is 0 Å². The Kier molecular flexibility index (Phi) is 4.09. The number of hydrogen-bond acceptors (Lipinski definition) is 2. The average Bonchev–Trinajstić information content (AvgIpc) is 2.58. The van der Waals surface area contributed by atoms with Crippen molar-refractivity contribution >= 4 is 11.8 Å². The minimum absolute atomic E-state index is 0.0394. The summed E-state index contributed by atoms with van der Waals surface area (Å²) < 4.78 is 0. The summed E-state index contributed by atoms with van der Waals surface area (Å²) in [6, 6.07) is 7.14. The molecule has 1 atom stereocenters. The maximum Gasteiger partial charge on any atom is 0.251 e. The van der Waals surface area contributed by atoms with Crippen molar-refractivity contribution in [1.82, 2.24) is 10.6 Å². The van der Waals surface area contributed by atoms with E-state index in [2.05, 4.69) is 10.6 Å². The van der Waals surface area contributed by atoms with Crippen LogP contribution in [0, 0.1) is 30.1 Å². The van der Waals surface area contributed by atoms with Gasteiger partial charge in [0.25, 0.3) is 5.91 Å². The van der Waals surface area contributed by atoms with Crippen LogP contribution in [0.15, 0.2) is 24.3 Å². The Morgan fingerprint density at radius 2 is 1.52 bits per heavy atom. The van der Waals surface area contributed by atoms with Crippen LogP contribution in [0.3, 0.4) is 0 Å². The van der Waals surface area contributed by atoms with E-state index in [1.165, 1.54) is 19.3 Å². The third-order valence-electron chi connectivity index (χ3n) is 6.80. The van der Waals surface area contributed by atoms with E-state index in [4.69, 9.17) is 0 Å². The molecule has 134 valence electrons. The number of amides is 2. The molecule has 0 spiro atoms. The van der Waals surface area contributed by atoms with Crippen LogP contribution in [0.5, 0.6) is 0 Å². The number of rotatable bonds is 4. The maximum atomic E-state index is 12.8. The Labute approximate surface area is 149 Å². The molecule has 4 nitrogen and oxygen atoms in total. The molecule has 0 aromatic heterocycles. The molecule has 5 rings (SSSR count). The second-order valence-electron chi connectivity index (χ2n) is 8.67. The standard InChI is InChI=1S/C21H28N2O2/c1-13-3-5-17(6-4-13)19(24)23-18(20(25)22-2)21-10-14-7-15(11-21)9-16(8-14)12-21/h3-6,14-16,18H,7-12H2,1-2H3,(H,22,25)(H,23,24). The van der Waals surface area contributed by atoms with E-state index in [0.29, 0.717) is 5.56 Å². The molecule has 4 bridgehead atoms. The fourth-order valence-corrected chi connectivity index (χ4v) is 6.09. The van der Waals surface area contributed by atoms with Gasteiger partial charge in [-0.1, -0.05) is 17.7 Å². The molecule has 2 N–H and O–H groups in total. The molecule has 25 heavy (non-hydrogen) atoms. The summed E-state index contributed by atoms with van der Waals surface area (Å²) in [6.45, 7) is 2.00. The normalized spacial score (nSPS) is 33.8. The zero-order chi connectivity index (χ0) is 17.6. The molecule has 2 amide bonds. The molecule has 4 heteroatoms. The molecule has 4 saturated carbocycles. The summed E-state index contributed by atoms with van der Waals surface area (Å²) >= 11 is 0. The van der Waals surface area contributed by atoms with Crippen LogP contribution in [-0.4, -0.2) is 24.9 Å². The summed E-state index contributed by atoms with van der Waals surface area (Å²) in [6.07, 6.45) is 7.24. The Bertz CT molecular complexity index is 644. The molecule has 0 heterocycles. The van der Waals surface area contributed by atoms with E-state index < -0.39 is 6.04 Å². The van der Waals surface area contributed by atoms with E-state index in [-0.39, 0.29) is 17.2 Å². The quantitative estimate of drug-likeness (QED) is 0.885. The number of hydrogen-bond donors (Lipinski definition) is 2. The predicted molar refractivity (Wildman–Crippen MR) is 97.1 cm³/mol. The summed E-state index contributed by atoms with van der Waals surface area (Å²) in [4.78, 5) is 25.5. The molecular weight excluding hydrogens is 312 g/mol. The van der Waals surface area contributed by atoms with Crippen molar-refractivity contribution in [3.05, 3.63) is 35.4 Å². The van der Waals surface area contributed by atoms with Gasteiger partial charge in [-0.15, -0.1) is 0 Å². The van der Waals surface area contributed by atoms with Gasteiger partial charge in [-0.05, 0) is 75.3 Å². The van der Waals surface area contributed by atoms with Crippen LogP contribution in [0.2, 0.25) is 0 Å². The highest BCUT2D eigenvalue weighted by Crippen LogP contribution is 2.61. The van der Waals surface area contributed by atoms with E-state index >= 15 is 0 Å². The Morgan fingerprint density at radius 1 is 1.00 bits per heavy atom. The fourth-order valence-electron chi connectivity index (χ4n) is 6.09. The monoisotopic (exact) mass is 340 g/mol. The zero-order valence-electron chi connectivity index (χ0n) is 15.2. The molecule has 4 fully saturated rings. The van der Waals surface area contributed by atoms with Crippen LogP contribution in [-0.2, 0) is 4.79 Å². The lowest BCUT2D eigenvalue weighted by Crippen LogP contribution is -2.61. The van der Waals surface area contributed by atoms with Crippen LogP contribution in [0.25, 0.3) is 0 Å². The van der Waals surface area contributed by atoms with Crippen molar-refractivity contribution in [2.45, 2.75) is 51.5 Å². The van der Waals surface area contributed by atoms with Crippen LogP contribution < -0.4 is 10.6 Å². The van der Waals surface area contributed by atoms with Crippen molar-refractivity contribution in [2.75, 3.05) is 7.05 Å². The molecule has 0 saturated heterocycles. The predicted octanol–water partition coefficient (Wildman–Crippen LogP) is 3.06. The highest BCUT2D eigenvalue weighted by Gasteiger charge is 2.56. The van der Waals surface area contributed by atoms with Gasteiger partial charge in [0, 0.05) is 18.0 Å². The van der Waals surface area contributed by atoms with Gasteiger partial charge < -0.3 is 10.6 Å². The molecular formula is C21H28N2O2. The lowest BCUT2D eigenvalue weighted by Gasteiger charge is -2.58. The second-order valence-corrected chi connectivity index (χ2v) is 8.67. The molecule has 1 aromatic carbocycles. The minimum Gasteiger partial charge on any atom is -0.357 e. The number of nitrogens with one attached hydrogen (secondary N) is 2. The van der Waals surface area contributed by atoms with E-state index in [0.717, 1.165) is 42.6 Å². The first kappa shape index (κ1) is 16.6. The molecule has 4 aliphatic carbocycles. The van der Waals surface area contributed by atoms with Gasteiger partial charge in [0.05, 0.1) is 0 Å².